The molecule has 0 aliphatic carbocycles. The van der Waals surface area contributed by atoms with Crippen molar-refractivity contribution in [2.75, 3.05) is 6.61 Å². The third kappa shape index (κ3) is 2.56. The summed E-state index contributed by atoms with van der Waals surface area (Å²) in [7, 11) is 0. The number of benzene rings is 2. The van der Waals surface area contributed by atoms with Crippen LogP contribution in [0, 0.1) is 5.82 Å². The first kappa shape index (κ1) is 12.3. The van der Waals surface area contributed by atoms with Crippen LogP contribution in [0.25, 0.3) is 11.1 Å². The van der Waals surface area contributed by atoms with E-state index < -0.39 is 0 Å². The number of carbonyl (C=O) groups is 1. The van der Waals surface area contributed by atoms with Gasteiger partial charge in [0, 0.05) is 0 Å². The number of rotatable bonds is 4. The van der Waals surface area contributed by atoms with E-state index >= 15 is 0 Å². The van der Waals surface area contributed by atoms with Crippen molar-refractivity contribution < 1.29 is 13.9 Å². The van der Waals surface area contributed by atoms with Gasteiger partial charge in [-0.1, -0.05) is 18.2 Å². The first-order chi connectivity index (χ1) is 8.74. The van der Waals surface area contributed by atoms with Crippen LogP contribution < -0.4 is 4.74 Å². The molecule has 92 valence electrons. The first-order valence-electron chi connectivity index (χ1n) is 5.72. The van der Waals surface area contributed by atoms with Crippen LogP contribution in [-0.2, 0) is 0 Å². The summed E-state index contributed by atoms with van der Waals surface area (Å²) in [5.74, 6) is 0.290. The number of ether oxygens (including phenoxy) is 1. The molecule has 0 saturated heterocycles. The average molecular weight is 244 g/mol. The molecule has 0 saturated carbocycles. The van der Waals surface area contributed by atoms with Gasteiger partial charge in [-0.2, -0.15) is 0 Å². The van der Waals surface area contributed by atoms with Crippen molar-refractivity contribution in [1.29, 1.82) is 0 Å². The van der Waals surface area contributed by atoms with Crippen LogP contribution in [0.4, 0.5) is 4.39 Å². The van der Waals surface area contributed by atoms with E-state index in [2.05, 4.69) is 0 Å². The Labute approximate surface area is 105 Å². The first-order valence-corrected chi connectivity index (χ1v) is 5.72. The number of hydrogen-bond donors (Lipinski definition) is 0. The van der Waals surface area contributed by atoms with Gasteiger partial charge in [0.25, 0.3) is 0 Å². The van der Waals surface area contributed by atoms with Crippen molar-refractivity contribution in [2.24, 2.45) is 0 Å². The maximum absolute atomic E-state index is 12.8. The summed E-state index contributed by atoms with van der Waals surface area (Å²) in [6, 6.07) is 11.5. The van der Waals surface area contributed by atoms with E-state index in [0.717, 1.165) is 17.4 Å². The third-order valence-corrected chi connectivity index (χ3v) is 2.61. The van der Waals surface area contributed by atoms with E-state index in [4.69, 9.17) is 4.74 Å². The number of hydrogen-bond acceptors (Lipinski definition) is 2. The van der Waals surface area contributed by atoms with Crippen molar-refractivity contribution in [2.45, 2.75) is 6.92 Å². The van der Waals surface area contributed by atoms with E-state index in [0.29, 0.717) is 17.9 Å². The van der Waals surface area contributed by atoms with Crippen LogP contribution in [-0.4, -0.2) is 12.9 Å². The summed E-state index contributed by atoms with van der Waals surface area (Å²) in [4.78, 5) is 11.0. The Morgan fingerprint density at radius 1 is 1.11 bits per heavy atom. The van der Waals surface area contributed by atoms with Crippen LogP contribution in [0.1, 0.15) is 17.3 Å². The highest BCUT2D eigenvalue weighted by molar-refractivity contribution is 5.83. The number of aldehydes is 1. The Morgan fingerprint density at radius 3 is 2.39 bits per heavy atom. The standard InChI is InChI=1S/C15H13FO2/c1-2-18-15-8-5-12(9-13(15)10-17)11-3-6-14(16)7-4-11/h3-10H,2H2,1H3. The largest absolute Gasteiger partial charge is 0.493 e. The molecule has 0 amide bonds. The van der Waals surface area contributed by atoms with Gasteiger partial charge in [0.2, 0.25) is 0 Å². The van der Waals surface area contributed by atoms with Crippen LogP contribution in [0.15, 0.2) is 42.5 Å². The predicted molar refractivity (Wildman–Crippen MR) is 68.4 cm³/mol. The van der Waals surface area contributed by atoms with Gasteiger partial charge in [-0.25, -0.2) is 4.39 Å². The highest BCUT2D eigenvalue weighted by atomic mass is 19.1. The Kier molecular flexibility index (Phi) is 3.72. The zero-order valence-electron chi connectivity index (χ0n) is 10.0. The smallest absolute Gasteiger partial charge is 0.153 e. The van der Waals surface area contributed by atoms with E-state index in [-0.39, 0.29) is 5.82 Å². The van der Waals surface area contributed by atoms with Crippen LogP contribution in [0.5, 0.6) is 5.75 Å². The van der Waals surface area contributed by atoms with Crippen molar-refractivity contribution in [3.63, 3.8) is 0 Å². The van der Waals surface area contributed by atoms with Gasteiger partial charge in [-0.05, 0) is 42.3 Å². The Bertz CT molecular complexity index is 547. The van der Waals surface area contributed by atoms with Gasteiger partial charge >= 0.3 is 0 Å². The summed E-state index contributed by atoms with van der Waals surface area (Å²) in [6.07, 6.45) is 0.762. The molecule has 0 atom stereocenters. The minimum atomic E-state index is -0.278. The highest BCUT2D eigenvalue weighted by Gasteiger charge is 2.05. The quantitative estimate of drug-likeness (QED) is 0.766. The van der Waals surface area contributed by atoms with Gasteiger partial charge in [0.1, 0.15) is 11.6 Å². The van der Waals surface area contributed by atoms with Crippen molar-refractivity contribution >= 4 is 6.29 Å². The second kappa shape index (κ2) is 5.45. The molecule has 3 heteroatoms. The molecular formula is C15H13FO2. The SMILES string of the molecule is CCOc1ccc(-c2ccc(F)cc2)cc1C=O. The molecule has 0 aliphatic rings. The molecule has 0 fully saturated rings. The second-order valence-corrected chi connectivity index (χ2v) is 3.81. The van der Waals surface area contributed by atoms with E-state index in [1.807, 2.05) is 13.0 Å². The molecule has 2 rings (SSSR count). The lowest BCUT2D eigenvalue weighted by atomic mass is 10.0. The van der Waals surface area contributed by atoms with Crippen LogP contribution in [0.2, 0.25) is 0 Å². The zero-order valence-corrected chi connectivity index (χ0v) is 10.0. The second-order valence-electron chi connectivity index (χ2n) is 3.81. The van der Waals surface area contributed by atoms with Crippen molar-refractivity contribution in [3.8, 4) is 16.9 Å². The Balaban J connectivity index is 2.40. The molecule has 0 aliphatic heterocycles. The highest BCUT2D eigenvalue weighted by Crippen LogP contribution is 2.26. The number of halogens is 1. The maximum Gasteiger partial charge on any atom is 0.153 e. The summed E-state index contributed by atoms with van der Waals surface area (Å²) in [5, 5.41) is 0. The molecule has 0 spiro atoms. The molecule has 0 aromatic heterocycles. The van der Waals surface area contributed by atoms with Crippen LogP contribution >= 0.6 is 0 Å². The van der Waals surface area contributed by atoms with Crippen LogP contribution in [0.3, 0.4) is 0 Å². The van der Waals surface area contributed by atoms with Crippen molar-refractivity contribution in [1.82, 2.24) is 0 Å². The van der Waals surface area contributed by atoms with Gasteiger partial charge in [-0.15, -0.1) is 0 Å². The molecule has 0 N–H and O–H groups in total. The summed E-state index contributed by atoms with van der Waals surface area (Å²) in [5.41, 5.74) is 2.22. The lowest BCUT2D eigenvalue weighted by Crippen LogP contribution is -1.96. The summed E-state index contributed by atoms with van der Waals surface area (Å²) in [6.45, 7) is 2.37. The minimum absolute atomic E-state index is 0.278. The van der Waals surface area contributed by atoms with Gasteiger partial charge < -0.3 is 4.74 Å². The van der Waals surface area contributed by atoms with Gasteiger partial charge in [0.15, 0.2) is 6.29 Å². The lowest BCUT2D eigenvalue weighted by Gasteiger charge is -2.08. The lowest BCUT2D eigenvalue weighted by molar-refractivity contribution is 0.112. The fourth-order valence-corrected chi connectivity index (χ4v) is 1.75. The maximum atomic E-state index is 12.8. The summed E-state index contributed by atoms with van der Waals surface area (Å²) >= 11 is 0. The number of carbonyl (C=O) groups excluding carboxylic acids is 1. The average Bonchev–Trinajstić information content (AvgIpc) is 2.40. The summed E-state index contributed by atoms with van der Waals surface area (Å²) < 4.78 is 18.2. The van der Waals surface area contributed by atoms with E-state index in [1.54, 1.807) is 24.3 Å². The molecule has 0 heterocycles. The zero-order chi connectivity index (χ0) is 13.0. The monoisotopic (exact) mass is 244 g/mol. The minimum Gasteiger partial charge on any atom is -0.493 e. The molecular weight excluding hydrogens is 231 g/mol. The molecule has 18 heavy (non-hydrogen) atoms. The molecule has 2 aromatic rings. The Hall–Kier alpha value is -2.16. The normalized spacial score (nSPS) is 10.1. The molecule has 2 aromatic carbocycles. The third-order valence-electron chi connectivity index (χ3n) is 2.61. The van der Waals surface area contributed by atoms with Crippen molar-refractivity contribution in [3.05, 3.63) is 53.8 Å². The molecule has 0 bridgehead atoms. The molecule has 0 unspecified atom stereocenters. The van der Waals surface area contributed by atoms with Gasteiger partial charge in [-0.3, -0.25) is 4.79 Å². The topological polar surface area (TPSA) is 26.3 Å². The Morgan fingerprint density at radius 2 is 1.78 bits per heavy atom. The predicted octanol–water partition coefficient (Wildman–Crippen LogP) is 3.70. The van der Waals surface area contributed by atoms with E-state index in [9.17, 15) is 9.18 Å². The van der Waals surface area contributed by atoms with Gasteiger partial charge in [0.05, 0.1) is 12.2 Å². The molecule has 2 nitrogen and oxygen atoms in total. The fourth-order valence-electron chi connectivity index (χ4n) is 1.75. The van der Waals surface area contributed by atoms with E-state index in [1.165, 1.54) is 12.1 Å². The molecule has 0 radical (unpaired) electrons. The fraction of sp³-hybridized carbons (Fsp3) is 0.133.